The van der Waals surface area contributed by atoms with Crippen molar-refractivity contribution in [3.63, 3.8) is 0 Å². The summed E-state index contributed by atoms with van der Waals surface area (Å²) in [6.45, 7) is 0. The molecule has 1 aliphatic carbocycles. The lowest BCUT2D eigenvalue weighted by molar-refractivity contribution is -0.178. The third-order valence-corrected chi connectivity index (χ3v) is 5.99. The van der Waals surface area contributed by atoms with Crippen LogP contribution in [0.4, 0.5) is 0 Å². The molecule has 2 aromatic rings. The third kappa shape index (κ3) is 4.27. The van der Waals surface area contributed by atoms with Gasteiger partial charge in [-0.15, -0.1) is 0 Å². The fourth-order valence-electron chi connectivity index (χ4n) is 4.58. The maximum Gasteiger partial charge on any atom is 0.313 e. The molecule has 2 fully saturated rings. The van der Waals surface area contributed by atoms with Gasteiger partial charge in [-0.25, -0.2) is 0 Å². The van der Waals surface area contributed by atoms with Crippen molar-refractivity contribution in [3.05, 3.63) is 60.2 Å². The highest BCUT2D eigenvalue weighted by Gasteiger charge is 2.47. The molecule has 1 saturated heterocycles. The van der Waals surface area contributed by atoms with E-state index < -0.39 is 5.60 Å². The lowest BCUT2D eigenvalue weighted by Crippen LogP contribution is -2.48. The lowest BCUT2D eigenvalue weighted by Gasteiger charge is -2.41. The zero-order valence-electron chi connectivity index (χ0n) is 16.1. The Labute approximate surface area is 165 Å². The number of ketones is 1. The van der Waals surface area contributed by atoms with E-state index in [-0.39, 0.29) is 18.2 Å². The van der Waals surface area contributed by atoms with Crippen molar-refractivity contribution in [3.8, 4) is 11.5 Å². The molecular weight excluding hydrogens is 352 g/mol. The molecular formula is C24H26O4. The van der Waals surface area contributed by atoms with Crippen LogP contribution in [0, 0.1) is 5.92 Å². The van der Waals surface area contributed by atoms with Crippen LogP contribution in [0.25, 0.3) is 0 Å². The standard InChI is InChI=1S/C24H26O4/c25-20-16-23(26)28-24(17-20,19-6-4-5-7-19)15-14-18-10-12-22(13-11-18)27-21-8-2-1-3-9-21/h1-3,8-13,19H,4-7,14-17H2. The lowest BCUT2D eigenvalue weighted by atomic mass is 9.76. The van der Waals surface area contributed by atoms with Crippen LogP contribution in [0.2, 0.25) is 0 Å². The molecule has 1 unspecified atom stereocenters. The number of carbonyl (C=O) groups is 2. The first-order valence-electron chi connectivity index (χ1n) is 10.2. The number of rotatable bonds is 6. The van der Waals surface area contributed by atoms with E-state index in [2.05, 4.69) is 0 Å². The van der Waals surface area contributed by atoms with Gasteiger partial charge in [-0.3, -0.25) is 9.59 Å². The van der Waals surface area contributed by atoms with E-state index in [0.717, 1.165) is 49.2 Å². The minimum absolute atomic E-state index is 0.0229. The number of esters is 1. The third-order valence-electron chi connectivity index (χ3n) is 5.99. The monoisotopic (exact) mass is 378 g/mol. The van der Waals surface area contributed by atoms with Gasteiger partial charge in [0.15, 0.2) is 0 Å². The zero-order chi connectivity index (χ0) is 19.4. The quantitative estimate of drug-likeness (QED) is 0.509. The molecule has 1 saturated carbocycles. The summed E-state index contributed by atoms with van der Waals surface area (Å²) in [4.78, 5) is 24.2. The second-order valence-corrected chi connectivity index (χ2v) is 7.97. The van der Waals surface area contributed by atoms with E-state index in [1.54, 1.807) is 0 Å². The highest BCUT2D eigenvalue weighted by Crippen LogP contribution is 2.43. The topological polar surface area (TPSA) is 52.6 Å². The van der Waals surface area contributed by atoms with E-state index in [1.165, 1.54) is 0 Å². The molecule has 0 radical (unpaired) electrons. The highest BCUT2D eigenvalue weighted by molar-refractivity contribution is 5.98. The van der Waals surface area contributed by atoms with Crippen molar-refractivity contribution in [1.82, 2.24) is 0 Å². The van der Waals surface area contributed by atoms with Crippen molar-refractivity contribution < 1.29 is 19.1 Å². The van der Waals surface area contributed by atoms with Crippen LogP contribution < -0.4 is 4.74 Å². The molecule has 0 bridgehead atoms. The van der Waals surface area contributed by atoms with Gasteiger partial charge in [0, 0.05) is 6.42 Å². The van der Waals surface area contributed by atoms with Crippen LogP contribution in [0.15, 0.2) is 54.6 Å². The summed E-state index contributed by atoms with van der Waals surface area (Å²) < 4.78 is 11.7. The number of Topliss-reactive ketones (excluding diaryl/α,β-unsaturated/α-hetero) is 1. The largest absolute Gasteiger partial charge is 0.458 e. The maximum atomic E-state index is 12.2. The van der Waals surface area contributed by atoms with E-state index in [4.69, 9.17) is 9.47 Å². The molecule has 0 amide bonds. The molecule has 28 heavy (non-hydrogen) atoms. The Balaban J connectivity index is 1.43. The summed E-state index contributed by atoms with van der Waals surface area (Å²) in [6, 6.07) is 17.7. The number of para-hydroxylation sites is 1. The average Bonchev–Trinajstić information content (AvgIpc) is 3.23. The Kier molecular flexibility index (Phi) is 5.47. The zero-order valence-corrected chi connectivity index (χ0v) is 16.1. The second-order valence-electron chi connectivity index (χ2n) is 7.97. The minimum atomic E-state index is -0.609. The predicted molar refractivity (Wildman–Crippen MR) is 106 cm³/mol. The number of hydrogen-bond donors (Lipinski definition) is 0. The molecule has 4 rings (SSSR count). The number of carbonyl (C=O) groups excluding carboxylic acids is 2. The van der Waals surface area contributed by atoms with Gasteiger partial charge < -0.3 is 9.47 Å². The molecule has 0 spiro atoms. The molecule has 1 atom stereocenters. The Morgan fingerprint density at radius 2 is 1.61 bits per heavy atom. The molecule has 2 aliphatic rings. The van der Waals surface area contributed by atoms with Crippen molar-refractivity contribution in [2.45, 2.75) is 57.0 Å². The Morgan fingerprint density at radius 3 is 2.29 bits per heavy atom. The first-order chi connectivity index (χ1) is 13.6. The molecule has 1 heterocycles. The molecule has 1 aliphatic heterocycles. The molecule has 4 nitrogen and oxygen atoms in total. The van der Waals surface area contributed by atoms with Crippen LogP contribution in [0.5, 0.6) is 11.5 Å². The first kappa shape index (κ1) is 18.7. The Bertz CT molecular complexity index is 803. The summed E-state index contributed by atoms with van der Waals surface area (Å²) in [6.07, 6.45) is 6.19. The predicted octanol–water partition coefficient (Wildman–Crippen LogP) is 5.25. The molecule has 0 N–H and O–H groups in total. The summed E-state index contributed by atoms with van der Waals surface area (Å²) >= 11 is 0. The highest BCUT2D eigenvalue weighted by atomic mass is 16.6. The van der Waals surface area contributed by atoms with Crippen molar-refractivity contribution in [2.24, 2.45) is 5.92 Å². The van der Waals surface area contributed by atoms with E-state index in [0.29, 0.717) is 18.8 Å². The van der Waals surface area contributed by atoms with Crippen LogP contribution >= 0.6 is 0 Å². The minimum Gasteiger partial charge on any atom is -0.458 e. The Morgan fingerprint density at radius 1 is 0.929 bits per heavy atom. The fourth-order valence-corrected chi connectivity index (χ4v) is 4.58. The SMILES string of the molecule is O=C1CC(=O)OC(CCc2ccc(Oc3ccccc3)cc2)(C2CCCC2)C1. The van der Waals surface area contributed by atoms with E-state index >= 15 is 0 Å². The van der Waals surface area contributed by atoms with E-state index in [9.17, 15) is 9.59 Å². The molecule has 2 aromatic carbocycles. The van der Waals surface area contributed by atoms with Crippen molar-refractivity contribution >= 4 is 11.8 Å². The molecule has 146 valence electrons. The number of ether oxygens (including phenoxy) is 2. The average molecular weight is 378 g/mol. The van der Waals surface area contributed by atoms with Gasteiger partial charge >= 0.3 is 5.97 Å². The maximum absolute atomic E-state index is 12.2. The van der Waals surface area contributed by atoms with Crippen LogP contribution in [0.3, 0.4) is 0 Å². The molecule has 0 aromatic heterocycles. The van der Waals surface area contributed by atoms with Gasteiger partial charge in [-0.2, -0.15) is 0 Å². The number of hydrogen-bond acceptors (Lipinski definition) is 4. The Hall–Kier alpha value is -2.62. The summed E-state index contributed by atoms with van der Waals surface area (Å²) in [7, 11) is 0. The number of cyclic esters (lactones) is 1. The molecule has 4 heteroatoms. The van der Waals surface area contributed by atoms with Crippen LogP contribution in [0.1, 0.15) is 50.5 Å². The van der Waals surface area contributed by atoms with Gasteiger partial charge in [0.2, 0.25) is 0 Å². The fraction of sp³-hybridized carbons (Fsp3) is 0.417. The normalized spacial score (nSPS) is 22.9. The van der Waals surface area contributed by atoms with Gasteiger partial charge in [-0.1, -0.05) is 43.2 Å². The van der Waals surface area contributed by atoms with Crippen LogP contribution in [-0.4, -0.2) is 17.4 Å². The first-order valence-corrected chi connectivity index (χ1v) is 10.2. The van der Waals surface area contributed by atoms with E-state index in [1.807, 2.05) is 54.6 Å². The number of benzene rings is 2. The number of aryl methyl sites for hydroxylation is 1. The van der Waals surface area contributed by atoms with Crippen LogP contribution in [-0.2, 0) is 20.7 Å². The smallest absolute Gasteiger partial charge is 0.313 e. The summed E-state index contributed by atoms with van der Waals surface area (Å²) in [5, 5.41) is 0. The van der Waals surface area contributed by atoms with Gasteiger partial charge in [0.05, 0.1) is 0 Å². The van der Waals surface area contributed by atoms with Crippen molar-refractivity contribution in [2.75, 3.05) is 0 Å². The second kappa shape index (κ2) is 8.17. The van der Waals surface area contributed by atoms with Crippen molar-refractivity contribution in [1.29, 1.82) is 0 Å². The van der Waals surface area contributed by atoms with Gasteiger partial charge in [0.25, 0.3) is 0 Å². The summed E-state index contributed by atoms with van der Waals surface area (Å²) in [5.41, 5.74) is 0.550. The van der Waals surface area contributed by atoms with Gasteiger partial charge in [-0.05, 0) is 61.4 Å². The van der Waals surface area contributed by atoms with Gasteiger partial charge in [0.1, 0.15) is 29.3 Å². The summed E-state index contributed by atoms with van der Waals surface area (Å²) in [5.74, 6) is 1.58.